The highest BCUT2D eigenvalue weighted by molar-refractivity contribution is 6.65. The molecular formula is C50H28B10N2O2. The van der Waals surface area contributed by atoms with E-state index in [2.05, 4.69) is 53.5 Å². The molecule has 1 aliphatic carbocycles. The van der Waals surface area contributed by atoms with Gasteiger partial charge in [0.25, 0.3) is 0 Å². The first-order valence-corrected chi connectivity index (χ1v) is 20.6. The van der Waals surface area contributed by atoms with E-state index >= 15 is 0 Å². The van der Waals surface area contributed by atoms with Crippen LogP contribution in [0.4, 0.5) is 0 Å². The van der Waals surface area contributed by atoms with Gasteiger partial charge in [-0.25, -0.2) is 4.98 Å². The van der Waals surface area contributed by atoms with Crippen molar-refractivity contribution >= 4 is 149 Å². The summed E-state index contributed by atoms with van der Waals surface area (Å²) in [4.78, 5) is 4.54. The summed E-state index contributed by atoms with van der Waals surface area (Å²) in [5, 5.41) is 22.2. The average molecular weight is 797 g/mol. The summed E-state index contributed by atoms with van der Waals surface area (Å²) >= 11 is 0. The van der Waals surface area contributed by atoms with Gasteiger partial charge in [-0.1, -0.05) is 138 Å². The lowest BCUT2D eigenvalue weighted by Crippen LogP contribution is -2.54. The van der Waals surface area contributed by atoms with Crippen LogP contribution in [0, 0.1) is 0 Å². The summed E-state index contributed by atoms with van der Waals surface area (Å²) < 4.78 is 1.67. The minimum atomic E-state index is -2.96. The summed E-state index contributed by atoms with van der Waals surface area (Å²) in [6.45, 7) is 4.06. The predicted octanol–water partition coefficient (Wildman–Crippen LogP) is 1.49. The third-order valence-corrected chi connectivity index (χ3v) is 13.1. The van der Waals surface area contributed by atoms with Gasteiger partial charge >= 0.3 is 0 Å². The summed E-state index contributed by atoms with van der Waals surface area (Å²) in [7, 11) is 65.7. The molecule has 64 heavy (non-hydrogen) atoms. The maximum Gasteiger partial charge on any atom is 0.152 e. The van der Waals surface area contributed by atoms with Gasteiger partial charge in [0.2, 0.25) is 0 Å². The lowest BCUT2D eigenvalue weighted by atomic mass is 9.45. The number of nitrogens with zero attached hydrogens (tertiary/aromatic N) is 2. The summed E-state index contributed by atoms with van der Waals surface area (Å²) in [6, 6.07) is 39.8. The Labute approximate surface area is 385 Å². The number of para-hydroxylation sites is 2. The number of benzene rings is 8. The molecule has 0 unspecified atom stereocenters. The van der Waals surface area contributed by atoms with Crippen molar-refractivity contribution in [3.63, 3.8) is 0 Å². The molecule has 280 valence electrons. The Bertz CT molecular complexity index is 3390. The van der Waals surface area contributed by atoms with Gasteiger partial charge in [-0.05, 0) is 107 Å². The molecular weight excluding hydrogens is 769 g/mol. The van der Waals surface area contributed by atoms with Gasteiger partial charge in [0.15, 0.2) is 7.85 Å². The van der Waals surface area contributed by atoms with Crippen molar-refractivity contribution in [2.75, 3.05) is 0 Å². The standard InChI is InChI=1S/C50H28B10N2O2/c1-48(2)38-35(36-39(48)44(55)46(57)45(56)42(36)53)41(52)43(54)37(40(38)51)34-29-11-5-3-9-27(29)33(28-10-4-6-12-30(28)34)25-17-15-23(16-18-25)24-19-21-26(22-20-24)62-32-14-8-7-13-31(32)61-47(62)49(58,59)50(60,63)64/h3-22,63-64H,1-2H3. The van der Waals surface area contributed by atoms with Gasteiger partial charge in [0, 0.05) is 11.1 Å². The number of hydrogen-bond donors (Lipinski definition) is 2. The van der Waals surface area contributed by atoms with Gasteiger partial charge in [0.1, 0.15) is 66.4 Å². The third kappa shape index (κ3) is 5.94. The van der Waals surface area contributed by atoms with Crippen LogP contribution in [-0.4, -0.2) is 104 Å². The van der Waals surface area contributed by atoms with E-state index in [1.165, 1.54) is 0 Å². The molecule has 0 fully saturated rings. The molecule has 9 aromatic rings. The van der Waals surface area contributed by atoms with Crippen LogP contribution >= 0.6 is 0 Å². The lowest BCUT2D eigenvalue weighted by Gasteiger charge is -2.37. The smallest absolute Gasteiger partial charge is 0.152 e. The van der Waals surface area contributed by atoms with Crippen LogP contribution < -0.4 is 38.2 Å². The molecule has 0 spiro atoms. The fourth-order valence-electron chi connectivity index (χ4n) is 9.92. The molecule has 0 amide bonds. The van der Waals surface area contributed by atoms with E-state index in [0.29, 0.717) is 60.8 Å². The van der Waals surface area contributed by atoms with E-state index in [4.69, 9.17) is 78.5 Å². The highest BCUT2D eigenvalue weighted by atomic mass is 16.5. The largest absolute Gasteiger partial charge is 0.376 e. The zero-order valence-electron chi connectivity index (χ0n) is 35.1. The van der Waals surface area contributed by atoms with E-state index in [1.807, 2.05) is 80.6 Å². The Balaban J connectivity index is 1.10. The van der Waals surface area contributed by atoms with Gasteiger partial charge in [0.05, 0.1) is 26.7 Å². The lowest BCUT2D eigenvalue weighted by molar-refractivity contribution is -0.100. The van der Waals surface area contributed by atoms with E-state index in [1.54, 1.807) is 10.6 Å². The van der Waals surface area contributed by atoms with E-state index in [9.17, 15) is 10.2 Å². The van der Waals surface area contributed by atoms with E-state index in [0.717, 1.165) is 54.9 Å². The fraction of sp³-hybridized carbons (Fsp3) is 0.100. The first kappa shape index (κ1) is 42.3. The average Bonchev–Trinajstić information content (AvgIpc) is 3.80. The Morgan fingerprint density at radius 1 is 0.453 bits per heavy atom. The second kappa shape index (κ2) is 14.7. The molecule has 8 aromatic carbocycles. The molecule has 0 saturated heterocycles. The normalized spacial score (nSPS) is 13.4. The van der Waals surface area contributed by atoms with Crippen LogP contribution in [0.3, 0.4) is 0 Å². The minimum Gasteiger partial charge on any atom is -0.376 e. The summed E-state index contributed by atoms with van der Waals surface area (Å²) in [5.41, 5.74) is 8.44. The topological polar surface area (TPSA) is 58.3 Å². The number of hydrogen-bond acceptors (Lipinski definition) is 3. The van der Waals surface area contributed by atoms with Crippen molar-refractivity contribution in [2.24, 2.45) is 0 Å². The maximum absolute atomic E-state index is 10.3. The number of imidazole rings is 1. The van der Waals surface area contributed by atoms with Gasteiger partial charge in [-0.15, -0.1) is 10.9 Å². The zero-order chi connectivity index (χ0) is 45.4. The summed E-state index contributed by atoms with van der Waals surface area (Å²) in [6.07, 6.45) is 0. The van der Waals surface area contributed by atoms with Crippen molar-refractivity contribution < 1.29 is 10.2 Å². The molecule has 1 aromatic heterocycles. The van der Waals surface area contributed by atoms with Crippen LogP contribution in [0.5, 0.6) is 0 Å². The second-order valence-corrected chi connectivity index (χ2v) is 17.2. The second-order valence-electron chi connectivity index (χ2n) is 17.2. The molecule has 1 aliphatic rings. The quantitative estimate of drug-likeness (QED) is 0.153. The molecule has 14 heteroatoms. The monoisotopic (exact) mass is 798 g/mol. The zero-order valence-corrected chi connectivity index (χ0v) is 35.1. The first-order chi connectivity index (χ1) is 30.4. The van der Waals surface area contributed by atoms with Crippen LogP contribution in [0.2, 0.25) is 0 Å². The maximum atomic E-state index is 10.3. The Morgan fingerprint density at radius 2 is 0.875 bits per heavy atom. The Hall–Kier alpha value is -5.68. The molecule has 20 radical (unpaired) electrons. The number of aliphatic hydroxyl groups is 2. The van der Waals surface area contributed by atoms with Crippen LogP contribution in [0.1, 0.15) is 30.8 Å². The molecule has 0 aliphatic heterocycles. The number of fused-ring (bicyclic) bond motifs is 6. The number of rotatable bonds is 6. The van der Waals surface area contributed by atoms with Crippen LogP contribution in [-0.2, 0) is 10.6 Å². The van der Waals surface area contributed by atoms with E-state index in [-0.39, 0.29) is 22.2 Å². The summed E-state index contributed by atoms with van der Waals surface area (Å²) in [5.74, 6) is -0.0187. The van der Waals surface area contributed by atoms with Gasteiger partial charge < -0.3 is 10.2 Å². The van der Waals surface area contributed by atoms with Crippen molar-refractivity contribution in [3.8, 4) is 50.2 Å². The van der Waals surface area contributed by atoms with Crippen LogP contribution in [0.15, 0.2) is 121 Å². The molecule has 0 bridgehead atoms. The molecule has 2 N–H and O–H groups in total. The molecule has 10 rings (SSSR count). The van der Waals surface area contributed by atoms with Crippen LogP contribution in [0.25, 0.3) is 82.8 Å². The Morgan fingerprint density at radius 3 is 1.42 bits per heavy atom. The van der Waals surface area contributed by atoms with Crippen molar-refractivity contribution in [2.45, 2.75) is 30.2 Å². The van der Waals surface area contributed by atoms with E-state index < -0.39 is 16.3 Å². The van der Waals surface area contributed by atoms with Crippen molar-refractivity contribution in [1.29, 1.82) is 0 Å². The fourth-order valence-corrected chi connectivity index (χ4v) is 9.92. The van der Waals surface area contributed by atoms with Gasteiger partial charge in [-0.3, -0.25) is 4.57 Å². The number of aromatic nitrogens is 2. The van der Waals surface area contributed by atoms with Gasteiger partial charge in [-0.2, -0.15) is 0 Å². The highest BCUT2D eigenvalue weighted by Crippen LogP contribution is 2.48. The first-order valence-electron chi connectivity index (χ1n) is 20.6. The Kier molecular flexibility index (Phi) is 9.69. The van der Waals surface area contributed by atoms with Crippen molar-refractivity contribution in [1.82, 2.24) is 9.55 Å². The van der Waals surface area contributed by atoms with Crippen molar-refractivity contribution in [3.05, 3.63) is 138 Å². The minimum absolute atomic E-state index is 0.0187. The molecule has 0 atom stereocenters. The third-order valence-electron chi connectivity index (χ3n) is 13.1. The highest BCUT2D eigenvalue weighted by Gasteiger charge is 2.42. The predicted molar refractivity (Wildman–Crippen MR) is 274 cm³/mol. The molecule has 0 saturated carbocycles. The SMILES string of the molecule is [B]c1c([B])c([B])c2c(c1[B])-c1c([B])c([B])c(-c3c4ccccc4c(-c4ccc(-c5ccc(-n6c(C([B])([B])C([B])(O)O)nc7ccccc76)cc5)cc4)c4ccccc34)c([B])c1C2(C)C. The molecule has 1 heterocycles. The molecule has 4 nitrogen and oxygen atoms in total.